The van der Waals surface area contributed by atoms with Gasteiger partial charge in [-0.1, -0.05) is 0 Å². The smallest absolute Gasteiger partial charge is 0.177 e. The lowest BCUT2D eigenvalue weighted by Gasteiger charge is -2.27. The number of hydrogen-bond acceptors (Lipinski definition) is 6. The minimum absolute atomic E-state index is 0.337. The van der Waals surface area contributed by atoms with E-state index >= 15 is 0 Å². The van der Waals surface area contributed by atoms with Crippen molar-refractivity contribution in [1.29, 1.82) is 0 Å². The summed E-state index contributed by atoms with van der Waals surface area (Å²) in [4.78, 5) is 4.43. The van der Waals surface area contributed by atoms with Gasteiger partial charge in [0, 0.05) is 36.2 Å². The van der Waals surface area contributed by atoms with Gasteiger partial charge in [-0.05, 0) is 56.9 Å². The monoisotopic (exact) mass is 366 g/mol. The zero-order valence-electron chi connectivity index (χ0n) is 15.6. The molecule has 0 amide bonds. The van der Waals surface area contributed by atoms with Gasteiger partial charge in [-0.15, -0.1) is 5.10 Å². The van der Waals surface area contributed by atoms with Crippen molar-refractivity contribution in [2.24, 2.45) is 5.73 Å². The second-order valence-electron chi connectivity index (χ2n) is 6.98. The van der Waals surface area contributed by atoms with E-state index in [9.17, 15) is 0 Å². The molecule has 0 radical (unpaired) electrons. The highest BCUT2D eigenvalue weighted by Crippen LogP contribution is 2.26. The molecule has 0 saturated heterocycles. The molecule has 142 valence electrons. The van der Waals surface area contributed by atoms with Crippen LogP contribution in [0.15, 0.2) is 42.7 Å². The number of fused-ring (bicyclic) bond motifs is 1. The van der Waals surface area contributed by atoms with Crippen molar-refractivity contribution in [3.63, 3.8) is 0 Å². The lowest BCUT2D eigenvalue weighted by atomic mass is 9.92. The Morgan fingerprint density at radius 2 is 1.96 bits per heavy atom. The van der Waals surface area contributed by atoms with Gasteiger partial charge in [-0.25, -0.2) is 9.50 Å². The Balaban J connectivity index is 1.55. The minimum atomic E-state index is 0.337. The van der Waals surface area contributed by atoms with Gasteiger partial charge in [0.05, 0.1) is 12.3 Å². The molecule has 1 aromatic carbocycles. The van der Waals surface area contributed by atoms with Gasteiger partial charge in [-0.2, -0.15) is 0 Å². The van der Waals surface area contributed by atoms with Crippen LogP contribution in [0.4, 0.5) is 17.2 Å². The first-order valence-electron chi connectivity index (χ1n) is 9.57. The second kappa shape index (κ2) is 7.84. The Morgan fingerprint density at radius 3 is 2.70 bits per heavy atom. The molecule has 2 heterocycles. The maximum Gasteiger partial charge on any atom is 0.177 e. The Labute approximate surface area is 158 Å². The summed E-state index contributed by atoms with van der Waals surface area (Å²) in [6.07, 6.45) is 7.89. The summed E-state index contributed by atoms with van der Waals surface area (Å²) < 4.78 is 7.31. The number of rotatable bonds is 6. The van der Waals surface area contributed by atoms with E-state index in [2.05, 4.69) is 20.7 Å². The number of ether oxygens (including phenoxy) is 1. The van der Waals surface area contributed by atoms with Crippen LogP contribution >= 0.6 is 0 Å². The molecule has 0 aliphatic heterocycles. The summed E-state index contributed by atoms with van der Waals surface area (Å²) in [5.41, 5.74) is 8.69. The highest BCUT2D eigenvalue weighted by molar-refractivity contribution is 5.75. The van der Waals surface area contributed by atoms with Gasteiger partial charge in [0.25, 0.3) is 0 Å². The van der Waals surface area contributed by atoms with Crippen molar-refractivity contribution in [3.05, 3.63) is 42.7 Å². The highest BCUT2D eigenvalue weighted by atomic mass is 16.5. The van der Waals surface area contributed by atoms with E-state index in [0.717, 1.165) is 54.3 Å². The molecule has 0 spiro atoms. The molecule has 2 aromatic heterocycles. The lowest BCUT2D eigenvalue weighted by Crippen LogP contribution is -2.33. The van der Waals surface area contributed by atoms with Crippen LogP contribution in [0.1, 0.15) is 32.6 Å². The number of aromatic nitrogens is 3. The predicted octanol–water partition coefficient (Wildman–Crippen LogP) is 3.55. The van der Waals surface area contributed by atoms with Gasteiger partial charge in [-0.3, -0.25) is 0 Å². The molecule has 4 rings (SSSR count). The first-order valence-corrected chi connectivity index (χ1v) is 9.57. The van der Waals surface area contributed by atoms with Gasteiger partial charge < -0.3 is 21.1 Å². The Morgan fingerprint density at radius 1 is 1.19 bits per heavy atom. The van der Waals surface area contributed by atoms with E-state index in [1.165, 1.54) is 0 Å². The van der Waals surface area contributed by atoms with Gasteiger partial charge in [0.2, 0.25) is 0 Å². The van der Waals surface area contributed by atoms with Crippen molar-refractivity contribution < 1.29 is 4.74 Å². The molecule has 27 heavy (non-hydrogen) atoms. The van der Waals surface area contributed by atoms with Crippen molar-refractivity contribution in [3.8, 4) is 5.75 Å². The summed E-state index contributed by atoms with van der Waals surface area (Å²) in [6.45, 7) is 2.64. The molecule has 3 aromatic rings. The third-order valence-electron chi connectivity index (χ3n) is 4.93. The lowest BCUT2D eigenvalue weighted by molar-refractivity contribution is 0.340. The van der Waals surface area contributed by atoms with Crippen LogP contribution in [-0.4, -0.2) is 33.3 Å². The van der Waals surface area contributed by atoms with E-state index < -0.39 is 0 Å². The average molecular weight is 366 g/mol. The van der Waals surface area contributed by atoms with Crippen LogP contribution in [0.5, 0.6) is 5.75 Å². The van der Waals surface area contributed by atoms with Crippen molar-refractivity contribution >= 4 is 22.8 Å². The predicted molar refractivity (Wildman–Crippen MR) is 108 cm³/mol. The van der Waals surface area contributed by atoms with E-state index in [0.29, 0.717) is 18.7 Å². The fraction of sp³-hybridized carbons (Fsp3) is 0.400. The fourth-order valence-electron chi connectivity index (χ4n) is 3.51. The van der Waals surface area contributed by atoms with Crippen LogP contribution in [-0.2, 0) is 0 Å². The van der Waals surface area contributed by atoms with Gasteiger partial charge >= 0.3 is 0 Å². The summed E-state index contributed by atoms with van der Waals surface area (Å²) >= 11 is 0. The molecule has 7 nitrogen and oxygen atoms in total. The Kier molecular flexibility index (Phi) is 5.11. The van der Waals surface area contributed by atoms with Crippen molar-refractivity contribution in [2.75, 3.05) is 17.2 Å². The SMILES string of the molecule is CCOc1ccc(Nc2cc(N[C@H]3CC[C@H](N)CC3)nn3ccnc23)cc1. The molecular weight excluding hydrogens is 340 g/mol. The third-order valence-corrected chi connectivity index (χ3v) is 4.93. The molecule has 0 bridgehead atoms. The molecule has 7 heteroatoms. The van der Waals surface area contributed by atoms with Crippen LogP contribution in [0.3, 0.4) is 0 Å². The Hall–Kier alpha value is -2.80. The topological polar surface area (TPSA) is 89.5 Å². The van der Waals surface area contributed by atoms with Crippen LogP contribution in [0.2, 0.25) is 0 Å². The standard InChI is InChI=1S/C20H26N6O/c1-2-27-17-9-7-15(8-10-17)23-18-13-19(25-26-12-11-22-20(18)26)24-16-5-3-14(21)4-6-16/h7-14,16,23H,2-6,21H2,1H3,(H,24,25)/t14-,16-. The molecule has 0 atom stereocenters. The molecule has 4 N–H and O–H groups in total. The number of nitrogens with zero attached hydrogens (tertiary/aromatic N) is 3. The third kappa shape index (κ3) is 4.14. The largest absolute Gasteiger partial charge is 0.494 e. The second-order valence-corrected chi connectivity index (χ2v) is 6.98. The first-order chi connectivity index (χ1) is 13.2. The minimum Gasteiger partial charge on any atom is -0.494 e. The number of anilines is 3. The zero-order chi connectivity index (χ0) is 18.6. The van der Waals surface area contributed by atoms with E-state index in [1.807, 2.05) is 43.5 Å². The maximum absolute atomic E-state index is 6.02. The van der Waals surface area contributed by atoms with Crippen molar-refractivity contribution in [1.82, 2.24) is 14.6 Å². The average Bonchev–Trinajstić information content (AvgIpc) is 3.14. The van der Waals surface area contributed by atoms with Crippen LogP contribution in [0.25, 0.3) is 5.65 Å². The number of nitrogens with two attached hydrogens (primary N) is 1. The van der Waals surface area contributed by atoms with Crippen LogP contribution in [0, 0.1) is 0 Å². The summed E-state index contributed by atoms with van der Waals surface area (Å²) in [6, 6.07) is 10.7. The summed E-state index contributed by atoms with van der Waals surface area (Å²) in [5.74, 6) is 1.70. The molecule has 1 saturated carbocycles. The maximum atomic E-state index is 6.02. The molecular formula is C20H26N6O. The van der Waals surface area contributed by atoms with E-state index in [4.69, 9.17) is 10.5 Å². The normalized spacial score (nSPS) is 19.8. The van der Waals surface area contributed by atoms with E-state index in [-0.39, 0.29) is 0 Å². The van der Waals surface area contributed by atoms with E-state index in [1.54, 1.807) is 10.7 Å². The van der Waals surface area contributed by atoms with Crippen molar-refractivity contribution in [2.45, 2.75) is 44.7 Å². The first kappa shape index (κ1) is 17.6. The number of nitrogens with one attached hydrogen (secondary N) is 2. The van der Waals surface area contributed by atoms with Gasteiger partial charge in [0.15, 0.2) is 5.65 Å². The molecule has 0 unspecified atom stereocenters. The zero-order valence-corrected chi connectivity index (χ0v) is 15.6. The molecule has 1 fully saturated rings. The number of hydrogen-bond donors (Lipinski definition) is 3. The van der Waals surface area contributed by atoms with Crippen LogP contribution < -0.4 is 21.1 Å². The molecule has 1 aliphatic carbocycles. The highest BCUT2D eigenvalue weighted by Gasteiger charge is 2.19. The number of benzene rings is 1. The Bertz CT molecular complexity index is 883. The summed E-state index contributed by atoms with van der Waals surface area (Å²) in [5, 5.41) is 11.6. The number of imidazole rings is 1. The fourth-order valence-corrected chi connectivity index (χ4v) is 3.51. The summed E-state index contributed by atoms with van der Waals surface area (Å²) in [7, 11) is 0. The van der Waals surface area contributed by atoms with Gasteiger partial charge in [0.1, 0.15) is 11.6 Å². The molecule has 1 aliphatic rings. The quantitative estimate of drug-likeness (QED) is 0.618.